The Morgan fingerprint density at radius 1 is 1.24 bits per heavy atom. The van der Waals surface area contributed by atoms with Crippen LogP contribution in [0.25, 0.3) is 10.9 Å². The topological polar surface area (TPSA) is 74.9 Å². The molecule has 90 valence electrons. The Balaban J connectivity index is 2.49. The minimum absolute atomic E-state index is 0.396. The number of fused-ring (bicyclic) bond motifs is 1. The Kier molecular flexibility index (Phi) is 3.49. The van der Waals surface area contributed by atoms with E-state index in [4.69, 9.17) is 16.3 Å². The second-order valence-electron chi connectivity index (χ2n) is 3.48. The lowest BCUT2D eigenvalue weighted by molar-refractivity contribution is 0.321. The molecule has 0 aliphatic rings. The normalized spacial score (nSPS) is 10.6. The summed E-state index contributed by atoms with van der Waals surface area (Å²) in [5, 5.41) is 0.396. The van der Waals surface area contributed by atoms with Crippen molar-refractivity contribution in [3.63, 3.8) is 0 Å². The highest BCUT2D eigenvalue weighted by atomic mass is 35.5. The molecule has 5 nitrogen and oxygen atoms in total. The van der Waals surface area contributed by atoms with Gasteiger partial charge in [-0.3, -0.25) is 9.78 Å². The van der Waals surface area contributed by atoms with Gasteiger partial charge in [-0.2, -0.15) is 0 Å². The second-order valence-corrected chi connectivity index (χ2v) is 3.86. The maximum absolute atomic E-state index is 11.5. The van der Waals surface area contributed by atoms with Gasteiger partial charge in [0.05, 0.1) is 17.5 Å². The van der Waals surface area contributed by atoms with Gasteiger partial charge in [0.25, 0.3) is 5.56 Å². The van der Waals surface area contributed by atoms with Crippen LogP contribution in [0, 0.1) is 0 Å². The van der Waals surface area contributed by atoms with Gasteiger partial charge in [0, 0.05) is 5.88 Å². The molecule has 1 aromatic heterocycles. The molecule has 1 aromatic carbocycles. The van der Waals surface area contributed by atoms with E-state index >= 15 is 0 Å². The van der Waals surface area contributed by atoms with Gasteiger partial charge in [0.15, 0.2) is 0 Å². The predicted molar refractivity (Wildman–Crippen MR) is 66.0 cm³/mol. The van der Waals surface area contributed by atoms with E-state index in [0.29, 0.717) is 35.6 Å². The number of H-pyrrole nitrogens is 2. The van der Waals surface area contributed by atoms with E-state index < -0.39 is 11.2 Å². The lowest BCUT2D eigenvalue weighted by Crippen LogP contribution is -2.22. The smallest absolute Gasteiger partial charge is 0.326 e. The van der Waals surface area contributed by atoms with E-state index in [9.17, 15) is 9.59 Å². The monoisotopic (exact) mass is 254 g/mol. The van der Waals surface area contributed by atoms with Gasteiger partial charge in [-0.25, -0.2) is 4.79 Å². The molecule has 2 rings (SSSR count). The molecule has 0 saturated carbocycles. The number of aromatic nitrogens is 2. The number of alkyl halides is 1. The van der Waals surface area contributed by atoms with Gasteiger partial charge < -0.3 is 9.72 Å². The van der Waals surface area contributed by atoms with Gasteiger partial charge in [0.2, 0.25) is 0 Å². The first kappa shape index (κ1) is 11.7. The van der Waals surface area contributed by atoms with Gasteiger partial charge in [-0.15, -0.1) is 11.6 Å². The number of hydrogen-bond acceptors (Lipinski definition) is 3. The minimum atomic E-state index is -0.545. The van der Waals surface area contributed by atoms with Crippen molar-refractivity contribution in [1.29, 1.82) is 0 Å². The quantitative estimate of drug-likeness (QED) is 0.636. The molecule has 0 fully saturated rings. The maximum Gasteiger partial charge on any atom is 0.326 e. The first-order chi connectivity index (χ1) is 8.22. The highest BCUT2D eigenvalue weighted by Crippen LogP contribution is 2.19. The summed E-state index contributed by atoms with van der Waals surface area (Å²) in [5.74, 6) is 0.984. The molecule has 0 amide bonds. The number of para-hydroxylation sites is 1. The Morgan fingerprint density at radius 2 is 2.06 bits per heavy atom. The zero-order valence-electron chi connectivity index (χ0n) is 8.96. The number of nitrogens with one attached hydrogen (secondary N) is 2. The molecule has 0 unspecified atom stereocenters. The summed E-state index contributed by atoms with van der Waals surface area (Å²) in [5.41, 5.74) is -0.557. The van der Waals surface area contributed by atoms with Crippen LogP contribution in [0.2, 0.25) is 0 Å². The highest BCUT2D eigenvalue weighted by molar-refractivity contribution is 6.17. The average Bonchev–Trinajstić information content (AvgIpc) is 2.30. The maximum atomic E-state index is 11.5. The van der Waals surface area contributed by atoms with Crippen LogP contribution in [0.4, 0.5) is 0 Å². The molecule has 0 saturated heterocycles. The average molecular weight is 255 g/mol. The van der Waals surface area contributed by atoms with Crippen molar-refractivity contribution in [2.24, 2.45) is 0 Å². The Bertz CT molecular complexity index is 632. The van der Waals surface area contributed by atoms with Crippen molar-refractivity contribution in [3.05, 3.63) is 39.0 Å². The number of benzene rings is 1. The van der Waals surface area contributed by atoms with Gasteiger partial charge in [-0.1, -0.05) is 6.07 Å². The van der Waals surface area contributed by atoms with Gasteiger partial charge >= 0.3 is 5.69 Å². The summed E-state index contributed by atoms with van der Waals surface area (Å²) in [7, 11) is 0. The van der Waals surface area contributed by atoms with E-state index in [1.54, 1.807) is 18.2 Å². The van der Waals surface area contributed by atoms with E-state index in [-0.39, 0.29) is 0 Å². The van der Waals surface area contributed by atoms with Crippen molar-refractivity contribution in [2.75, 3.05) is 12.5 Å². The minimum Gasteiger partial charge on any atom is -0.491 e. The molecule has 6 heteroatoms. The van der Waals surface area contributed by atoms with E-state index in [1.807, 2.05) is 0 Å². The first-order valence-electron chi connectivity index (χ1n) is 5.16. The summed E-state index contributed by atoms with van der Waals surface area (Å²) in [4.78, 5) is 27.4. The number of rotatable bonds is 4. The van der Waals surface area contributed by atoms with Crippen molar-refractivity contribution in [2.45, 2.75) is 6.42 Å². The molecule has 2 N–H and O–H groups in total. The molecule has 0 spiro atoms. The van der Waals surface area contributed by atoms with E-state index in [0.717, 1.165) is 0 Å². The summed E-state index contributed by atoms with van der Waals surface area (Å²) >= 11 is 5.54. The lowest BCUT2D eigenvalue weighted by atomic mass is 10.2. The van der Waals surface area contributed by atoms with Crippen molar-refractivity contribution in [3.8, 4) is 5.75 Å². The molecule has 0 atom stereocenters. The summed E-state index contributed by atoms with van der Waals surface area (Å²) < 4.78 is 5.46. The van der Waals surface area contributed by atoms with Crippen LogP contribution < -0.4 is 16.0 Å². The van der Waals surface area contributed by atoms with Crippen LogP contribution >= 0.6 is 11.6 Å². The largest absolute Gasteiger partial charge is 0.491 e. The predicted octanol–water partition coefficient (Wildman–Crippen LogP) is 1.22. The van der Waals surface area contributed by atoms with Crippen molar-refractivity contribution in [1.82, 2.24) is 9.97 Å². The zero-order valence-corrected chi connectivity index (χ0v) is 9.71. The van der Waals surface area contributed by atoms with Gasteiger partial charge in [0.1, 0.15) is 5.75 Å². The first-order valence-corrected chi connectivity index (χ1v) is 5.70. The van der Waals surface area contributed by atoms with Gasteiger partial charge in [-0.05, 0) is 18.6 Å². The standard InChI is InChI=1S/C11H11ClN2O3/c12-5-2-6-17-8-4-1-3-7-9(8)13-11(16)14-10(7)15/h1,3-4H,2,5-6H2,(H2,13,14,15,16). The summed E-state index contributed by atoms with van der Waals surface area (Å²) in [6.07, 6.45) is 0.700. The lowest BCUT2D eigenvalue weighted by Gasteiger charge is -2.07. The SMILES string of the molecule is O=c1[nH]c(=O)c2cccc(OCCCCl)c2[nH]1. The van der Waals surface area contributed by atoms with Crippen molar-refractivity contribution >= 4 is 22.5 Å². The molecular formula is C11H11ClN2O3. The van der Waals surface area contributed by atoms with Crippen LogP contribution in [0.5, 0.6) is 5.75 Å². The fourth-order valence-electron chi connectivity index (χ4n) is 1.52. The molecule has 0 aliphatic heterocycles. The second kappa shape index (κ2) is 5.05. The Labute approximate surface area is 101 Å². The van der Waals surface area contributed by atoms with Crippen LogP contribution in [0.1, 0.15) is 6.42 Å². The molecule has 17 heavy (non-hydrogen) atoms. The fraction of sp³-hybridized carbons (Fsp3) is 0.273. The van der Waals surface area contributed by atoms with Crippen LogP contribution in [-0.4, -0.2) is 22.5 Å². The Morgan fingerprint density at radius 3 is 2.82 bits per heavy atom. The summed E-state index contributed by atoms with van der Waals surface area (Å²) in [6.45, 7) is 0.442. The number of aromatic amines is 2. The van der Waals surface area contributed by atoms with Crippen LogP contribution in [-0.2, 0) is 0 Å². The van der Waals surface area contributed by atoms with E-state index in [2.05, 4.69) is 9.97 Å². The van der Waals surface area contributed by atoms with Crippen LogP contribution in [0.15, 0.2) is 27.8 Å². The molecule has 2 aromatic rings. The van der Waals surface area contributed by atoms with Crippen LogP contribution in [0.3, 0.4) is 0 Å². The third-order valence-corrected chi connectivity index (χ3v) is 2.54. The third kappa shape index (κ3) is 2.50. The molecule has 0 bridgehead atoms. The number of hydrogen-bond donors (Lipinski definition) is 2. The zero-order chi connectivity index (χ0) is 12.3. The fourth-order valence-corrected chi connectivity index (χ4v) is 1.63. The Hall–Kier alpha value is -1.75. The number of ether oxygens (including phenoxy) is 1. The molecule has 1 heterocycles. The molecule has 0 radical (unpaired) electrons. The summed E-state index contributed by atoms with van der Waals surface area (Å²) in [6, 6.07) is 5.02. The number of halogens is 1. The van der Waals surface area contributed by atoms with Crippen molar-refractivity contribution < 1.29 is 4.74 Å². The highest BCUT2D eigenvalue weighted by Gasteiger charge is 2.06. The third-order valence-electron chi connectivity index (χ3n) is 2.27. The molecule has 0 aliphatic carbocycles. The molecular weight excluding hydrogens is 244 g/mol. The van der Waals surface area contributed by atoms with E-state index in [1.165, 1.54) is 0 Å².